The van der Waals surface area contributed by atoms with Crippen molar-refractivity contribution in [1.82, 2.24) is 4.98 Å². The maximum Gasteiger partial charge on any atom is 0.417 e. The number of carboxylic acid groups (broad SMARTS) is 1. The largest absolute Gasteiger partial charge is 0.479 e. The summed E-state index contributed by atoms with van der Waals surface area (Å²) in [5, 5.41) is 26.6. The van der Waals surface area contributed by atoms with Gasteiger partial charge in [0.1, 0.15) is 6.10 Å². The van der Waals surface area contributed by atoms with Crippen molar-refractivity contribution in [2.75, 3.05) is 0 Å². The Labute approximate surface area is 93.2 Å². The second kappa shape index (κ2) is 4.68. The van der Waals surface area contributed by atoms with Gasteiger partial charge in [0.2, 0.25) is 0 Å². The van der Waals surface area contributed by atoms with Gasteiger partial charge in [0, 0.05) is 6.20 Å². The molecule has 0 bridgehead atoms. The number of rotatable bonds is 3. The molecule has 1 heterocycles. The monoisotopic (exact) mass is 251 g/mol. The summed E-state index contributed by atoms with van der Waals surface area (Å²) in [5.74, 6) is -1.70. The standard InChI is InChI=1S/C9H8F3NO4/c10-9(11,12)4-1-2-5(13-3-4)6(14)7(15)8(16)17/h1-3,6-7,14-15H,(H,16,17). The predicted octanol–water partition coefficient (Wildman–Crippen LogP) is 0.579. The lowest BCUT2D eigenvalue weighted by Crippen LogP contribution is -2.28. The molecule has 2 atom stereocenters. The maximum absolute atomic E-state index is 12.2. The van der Waals surface area contributed by atoms with Gasteiger partial charge in [0.25, 0.3) is 0 Å². The Bertz CT molecular complexity index is 404. The number of aliphatic hydroxyl groups is 2. The van der Waals surface area contributed by atoms with Crippen LogP contribution >= 0.6 is 0 Å². The van der Waals surface area contributed by atoms with Crippen molar-refractivity contribution >= 4 is 5.97 Å². The van der Waals surface area contributed by atoms with E-state index in [1.54, 1.807) is 0 Å². The van der Waals surface area contributed by atoms with Gasteiger partial charge in [-0.2, -0.15) is 13.2 Å². The molecule has 5 nitrogen and oxygen atoms in total. The summed E-state index contributed by atoms with van der Waals surface area (Å²) >= 11 is 0. The van der Waals surface area contributed by atoms with Crippen LogP contribution in [0.15, 0.2) is 18.3 Å². The molecule has 0 aliphatic heterocycles. The third-order valence-electron chi connectivity index (χ3n) is 1.97. The molecule has 0 saturated carbocycles. The number of alkyl halides is 3. The first-order chi connectivity index (χ1) is 7.73. The van der Waals surface area contributed by atoms with E-state index in [-0.39, 0.29) is 5.69 Å². The lowest BCUT2D eigenvalue weighted by atomic mass is 10.1. The molecule has 0 amide bonds. The third-order valence-corrected chi connectivity index (χ3v) is 1.97. The number of carbonyl (C=O) groups is 1. The average molecular weight is 251 g/mol. The molecule has 2 unspecified atom stereocenters. The van der Waals surface area contributed by atoms with Gasteiger partial charge >= 0.3 is 12.1 Å². The van der Waals surface area contributed by atoms with Crippen molar-refractivity contribution in [3.63, 3.8) is 0 Å². The van der Waals surface area contributed by atoms with Crippen LogP contribution in [0.3, 0.4) is 0 Å². The fourth-order valence-electron chi connectivity index (χ4n) is 1.04. The van der Waals surface area contributed by atoms with Crippen LogP contribution in [-0.4, -0.2) is 32.4 Å². The number of aromatic nitrogens is 1. The van der Waals surface area contributed by atoms with E-state index in [2.05, 4.69) is 4.98 Å². The highest BCUT2D eigenvalue weighted by atomic mass is 19.4. The topological polar surface area (TPSA) is 90.7 Å². The van der Waals surface area contributed by atoms with Gasteiger partial charge in [0.05, 0.1) is 11.3 Å². The van der Waals surface area contributed by atoms with E-state index in [1.165, 1.54) is 0 Å². The van der Waals surface area contributed by atoms with Crippen molar-refractivity contribution in [2.24, 2.45) is 0 Å². The number of carboxylic acids is 1. The van der Waals surface area contributed by atoms with Gasteiger partial charge in [-0.05, 0) is 12.1 Å². The van der Waals surface area contributed by atoms with Crippen LogP contribution in [0, 0.1) is 0 Å². The normalized spacial score (nSPS) is 15.4. The van der Waals surface area contributed by atoms with Crippen LogP contribution < -0.4 is 0 Å². The van der Waals surface area contributed by atoms with Gasteiger partial charge in [-0.15, -0.1) is 0 Å². The van der Waals surface area contributed by atoms with Crippen LogP contribution in [0.25, 0.3) is 0 Å². The second-order valence-electron chi connectivity index (χ2n) is 3.20. The maximum atomic E-state index is 12.2. The molecule has 1 rings (SSSR count). The zero-order valence-corrected chi connectivity index (χ0v) is 8.22. The fraction of sp³-hybridized carbons (Fsp3) is 0.333. The van der Waals surface area contributed by atoms with E-state index < -0.39 is 29.9 Å². The minimum atomic E-state index is -4.57. The quantitative estimate of drug-likeness (QED) is 0.731. The number of nitrogens with zero attached hydrogens (tertiary/aromatic N) is 1. The summed E-state index contributed by atoms with van der Waals surface area (Å²) in [6.45, 7) is 0. The first kappa shape index (κ1) is 13.4. The molecule has 0 spiro atoms. The van der Waals surface area contributed by atoms with Crippen molar-refractivity contribution < 1.29 is 33.3 Å². The first-order valence-electron chi connectivity index (χ1n) is 4.35. The van der Waals surface area contributed by atoms with E-state index in [4.69, 9.17) is 10.2 Å². The van der Waals surface area contributed by atoms with Crippen molar-refractivity contribution in [1.29, 1.82) is 0 Å². The number of aliphatic hydroxyl groups excluding tert-OH is 2. The van der Waals surface area contributed by atoms with Crippen LogP contribution in [0.5, 0.6) is 0 Å². The molecular weight excluding hydrogens is 243 g/mol. The number of hydrogen-bond acceptors (Lipinski definition) is 4. The summed E-state index contributed by atoms with van der Waals surface area (Å²) in [5.41, 5.74) is -1.38. The Hall–Kier alpha value is -1.67. The zero-order chi connectivity index (χ0) is 13.2. The highest BCUT2D eigenvalue weighted by molar-refractivity contribution is 5.72. The van der Waals surface area contributed by atoms with E-state index in [0.717, 1.165) is 6.07 Å². The lowest BCUT2D eigenvalue weighted by molar-refractivity contribution is -0.153. The zero-order valence-electron chi connectivity index (χ0n) is 8.22. The van der Waals surface area contributed by atoms with Crippen LogP contribution in [-0.2, 0) is 11.0 Å². The predicted molar refractivity (Wildman–Crippen MR) is 47.8 cm³/mol. The van der Waals surface area contributed by atoms with Crippen molar-refractivity contribution in [3.05, 3.63) is 29.6 Å². The molecule has 17 heavy (non-hydrogen) atoms. The molecule has 0 saturated heterocycles. The van der Waals surface area contributed by atoms with E-state index in [0.29, 0.717) is 12.3 Å². The van der Waals surface area contributed by atoms with Crippen LogP contribution in [0.2, 0.25) is 0 Å². The highest BCUT2D eigenvalue weighted by Crippen LogP contribution is 2.29. The summed E-state index contributed by atoms with van der Waals surface area (Å²) in [6.07, 6.45) is -8.14. The number of aliphatic carboxylic acids is 1. The lowest BCUT2D eigenvalue weighted by Gasteiger charge is -2.14. The number of hydrogen-bond donors (Lipinski definition) is 3. The van der Waals surface area contributed by atoms with Crippen LogP contribution in [0.4, 0.5) is 13.2 Å². The number of halogens is 3. The smallest absolute Gasteiger partial charge is 0.417 e. The van der Waals surface area contributed by atoms with E-state index in [9.17, 15) is 23.1 Å². The Morgan fingerprint density at radius 2 is 1.88 bits per heavy atom. The van der Waals surface area contributed by atoms with Gasteiger partial charge < -0.3 is 15.3 Å². The summed E-state index contributed by atoms with van der Waals surface area (Å²) in [4.78, 5) is 13.6. The molecule has 1 aromatic rings. The number of pyridine rings is 1. The summed E-state index contributed by atoms with van der Waals surface area (Å²) in [6, 6.07) is 1.44. The first-order valence-corrected chi connectivity index (χ1v) is 4.35. The Morgan fingerprint density at radius 1 is 1.29 bits per heavy atom. The minimum Gasteiger partial charge on any atom is -0.479 e. The molecule has 1 aromatic heterocycles. The highest BCUT2D eigenvalue weighted by Gasteiger charge is 2.32. The molecular formula is C9H8F3NO4. The van der Waals surface area contributed by atoms with Gasteiger partial charge in [-0.25, -0.2) is 4.79 Å². The molecule has 94 valence electrons. The molecule has 0 fully saturated rings. The molecule has 8 heteroatoms. The molecule has 0 radical (unpaired) electrons. The SMILES string of the molecule is O=C(O)C(O)C(O)c1ccc(C(F)(F)F)cn1. The molecule has 3 N–H and O–H groups in total. The fourth-order valence-corrected chi connectivity index (χ4v) is 1.04. The van der Waals surface area contributed by atoms with Gasteiger partial charge in [-0.1, -0.05) is 0 Å². The minimum absolute atomic E-state index is 0.354. The summed E-state index contributed by atoms with van der Waals surface area (Å²) < 4.78 is 36.5. The Morgan fingerprint density at radius 3 is 2.24 bits per heavy atom. The summed E-state index contributed by atoms with van der Waals surface area (Å²) in [7, 11) is 0. The van der Waals surface area contributed by atoms with Crippen LogP contribution in [0.1, 0.15) is 17.4 Å². The Balaban J connectivity index is 2.92. The molecule has 0 aromatic carbocycles. The Kier molecular flexibility index (Phi) is 3.69. The molecule has 0 aliphatic carbocycles. The second-order valence-corrected chi connectivity index (χ2v) is 3.20. The van der Waals surface area contributed by atoms with Gasteiger partial charge in [0.15, 0.2) is 6.10 Å². The van der Waals surface area contributed by atoms with E-state index in [1.807, 2.05) is 0 Å². The average Bonchev–Trinajstić information content (AvgIpc) is 2.26. The third kappa shape index (κ3) is 3.14. The van der Waals surface area contributed by atoms with Crippen molar-refractivity contribution in [3.8, 4) is 0 Å². The molecule has 0 aliphatic rings. The van der Waals surface area contributed by atoms with Gasteiger partial charge in [-0.3, -0.25) is 4.98 Å². The van der Waals surface area contributed by atoms with Crippen molar-refractivity contribution in [2.45, 2.75) is 18.4 Å². The van der Waals surface area contributed by atoms with E-state index >= 15 is 0 Å².